The second kappa shape index (κ2) is 7.33. The van der Waals surface area contributed by atoms with Crippen molar-refractivity contribution in [3.8, 4) is 11.5 Å². The summed E-state index contributed by atoms with van der Waals surface area (Å²) in [5.41, 5.74) is 2.22. The third-order valence-corrected chi connectivity index (χ3v) is 4.45. The van der Waals surface area contributed by atoms with Crippen LogP contribution in [0.15, 0.2) is 90.0 Å². The van der Waals surface area contributed by atoms with Gasteiger partial charge in [0, 0.05) is 12.0 Å². The van der Waals surface area contributed by atoms with Gasteiger partial charge in [-0.2, -0.15) is 10.1 Å². The number of nitrogens with zero attached hydrogens (tertiary/aromatic N) is 2. The fourth-order valence-electron chi connectivity index (χ4n) is 3.13. The number of amides is 1. The van der Waals surface area contributed by atoms with E-state index in [1.54, 1.807) is 42.5 Å². The number of phenolic OH excluding ortho intramolecular Hbond substituents is 1. The molecule has 1 aliphatic heterocycles. The lowest BCUT2D eigenvalue weighted by Gasteiger charge is -2.21. The molecule has 0 aromatic heterocycles. The Kier molecular flexibility index (Phi) is 4.58. The second-order valence-corrected chi connectivity index (χ2v) is 6.22. The Morgan fingerprint density at radius 2 is 1.56 bits per heavy atom. The number of rotatable bonds is 3. The van der Waals surface area contributed by atoms with Gasteiger partial charge in [0.25, 0.3) is 0 Å². The fraction of sp³-hybridized carbons (Fsp3) is 0.0909. The maximum absolute atomic E-state index is 12.8. The van der Waals surface area contributed by atoms with Gasteiger partial charge in [0.2, 0.25) is 0 Å². The standard InChI is InChI=1S/C22H18N2O3/c25-21-14-8-7-13-18(21)19-15-20(16-9-3-1-4-10-16)24(23-19)22(26)27-17-11-5-2-6-12-17/h1-14,20,25H,15H2. The molecule has 0 fully saturated rings. The van der Waals surface area contributed by atoms with Gasteiger partial charge < -0.3 is 9.84 Å². The van der Waals surface area contributed by atoms with Crippen LogP contribution >= 0.6 is 0 Å². The summed E-state index contributed by atoms with van der Waals surface area (Å²) in [6.45, 7) is 0. The van der Waals surface area contributed by atoms with E-state index < -0.39 is 6.09 Å². The van der Waals surface area contributed by atoms with E-state index in [0.29, 0.717) is 23.4 Å². The molecule has 134 valence electrons. The Bertz CT molecular complexity index is 971. The summed E-state index contributed by atoms with van der Waals surface area (Å²) in [6, 6.07) is 25.3. The van der Waals surface area contributed by atoms with E-state index in [1.807, 2.05) is 42.5 Å². The summed E-state index contributed by atoms with van der Waals surface area (Å²) in [5, 5.41) is 16.0. The zero-order chi connectivity index (χ0) is 18.6. The third-order valence-electron chi connectivity index (χ3n) is 4.45. The quantitative estimate of drug-likeness (QED) is 0.735. The van der Waals surface area contributed by atoms with Gasteiger partial charge in [-0.3, -0.25) is 0 Å². The molecule has 0 radical (unpaired) electrons. The van der Waals surface area contributed by atoms with Crippen LogP contribution in [-0.2, 0) is 0 Å². The predicted octanol–water partition coefficient (Wildman–Crippen LogP) is 4.74. The molecule has 0 spiro atoms. The molecule has 27 heavy (non-hydrogen) atoms. The summed E-state index contributed by atoms with van der Waals surface area (Å²) in [7, 11) is 0. The molecule has 3 aromatic rings. The first-order valence-corrected chi connectivity index (χ1v) is 8.69. The molecule has 1 atom stereocenters. The molecule has 1 N–H and O–H groups in total. The summed E-state index contributed by atoms with van der Waals surface area (Å²) >= 11 is 0. The number of hydrogen-bond acceptors (Lipinski definition) is 4. The average Bonchev–Trinajstić information content (AvgIpc) is 3.15. The zero-order valence-electron chi connectivity index (χ0n) is 14.5. The number of carbonyl (C=O) groups is 1. The van der Waals surface area contributed by atoms with Crippen LogP contribution in [-0.4, -0.2) is 21.9 Å². The molecule has 5 heteroatoms. The molecule has 0 aliphatic carbocycles. The topological polar surface area (TPSA) is 62.1 Å². The lowest BCUT2D eigenvalue weighted by molar-refractivity contribution is 0.141. The van der Waals surface area contributed by atoms with Crippen molar-refractivity contribution >= 4 is 11.8 Å². The Hall–Kier alpha value is -3.60. The van der Waals surface area contributed by atoms with Gasteiger partial charge in [-0.25, -0.2) is 4.79 Å². The van der Waals surface area contributed by atoms with E-state index in [0.717, 1.165) is 5.56 Å². The van der Waals surface area contributed by atoms with E-state index in [2.05, 4.69) is 5.10 Å². The van der Waals surface area contributed by atoms with Gasteiger partial charge >= 0.3 is 6.09 Å². The minimum absolute atomic E-state index is 0.140. The van der Waals surface area contributed by atoms with Crippen LogP contribution in [0.3, 0.4) is 0 Å². The van der Waals surface area contributed by atoms with Gasteiger partial charge in [-0.1, -0.05) is 60.7 Å². The van der Waals surface area contributed by atoms with E-state index >= 15 is 0 Å². The van der Waals surface area contributed by atoms with E-state index in [-0.39, 0.29) is 11.8 Å². The SMILES string of the molecule is O=C(Oc1ccccc1)N1N=C(c2ccccc2O)CC1c1ccccc1. The number of aromatic hydroxyl groups is 1. The van der Waals surface area contributed by atoms with Crippen molar-refractivity contribution in [3.05, 3.63) is 96.1 Å². The first kappa shape index (κ1) is 16.8. The highest BCUT2D eigenvalue weighted by Crippen LogP contribution is 2.35. The van der Waals surface area contributed by atoms with Crippen molar-refractivity contribution in [2.24, 2.45) is 5.10 Å². The second-order valence-electron chi connectivity index (χ2n) is 6.22. The lowest BCUT2D eigenvalue weighted by Crippen LogP contribution is -2.29. The highest BCUT2D eigenvalue weighted by molar-refractivity contribution is 6.04. The molecular formula is C22H18N2O3. The van der Waals surface area contributed by atoms with Crippen LogP contribution in [0.4, 0.5) is 4.79 Å². The molecule has 4 rings (SSSR count). The minimum Gasteiger partial charge on any atom is -0.507 e. The van der Waals surface area contributed by atoms with Crippen LogP contribution < -0.4 is 4.74 Å². The fourth-order valence-corrected chi connectivity index (χ4v) is 3.13. The largest absolute Gasteiger partial charge is 0.507 e. The monoisotopic (exact) mass is 358 g/mol. The van der Waals surface area contributed by atoms with Crippen molar-refractivity contribution in [1.82, 2.24) is 5.01 Å². The average molecular weight is 358 g/mol. The van der Waals surface area contributed by atoms with Crippen LogP contribution in [0.5, 0.6) is 11.5 Å². The molecule has 1 aliphatic rings. The normalized spacial score (nSPS) is 16.1. The van der Waals surface area contributed by atoms with Crippen molar-refractivity contribution < 1.29 is 14.6 Å². The number of ether oxygens (including phenoxy) is 1. The van der Waals surface area contributed by atoms with Crippen molar-refractivity contribution in [1.29, 1.82) is 0 Å². The third kappa shape index (κ3) is 3.53. The number of hydrogen-bond donors (Lipinski definition) is 1. The van der Waals surface area contributed by atoms with E-state index in [4.69, 9.17) is 4.74 Å². The molecule has 1 heterocycles. The minimum atomic E-state index is -0.555. The first-order chi connectivity index (χ1) is 13.2. The highest BCUT2D eigenvalue weighted by Gasteiger charge is 2.35. The van der Waals surface area contributed by atoms with Crippen LogP contribution in [0.1, 0.15) is 23.6 Å². The Balaban J connectivity index is 1.67. The summed E-state index contributed by atoms with van der Waals surface area (Å²) < 4.78 is 5.48. The maximum Gasteiger partial charge on any atom is 0.436 e. The number of carbonyl (C=O) groups excluding carboxylic acids is 1. The number of hydrazone groups is 1. The molecule has 0 bridgehead atoms. The number of phenols is 1. The Morgan fingerprint density at radius 1 is 0.926 bits per heavy atom. The smallest absolute Gasteiger partial charge is 0.436 e. The summed E-state index contributed by atoms with van der Waals surface area (Å²) in [6.07, 6.45) is -0.0636. The zero-order valence-corrected chi connectivity index (χ0v) is 14.5. The van der Waals surface area contributed by atoms with Crippen LogP contribution in [0.2, 0.25) is 0 Å². The Labute approximate surface area is 157 Å². The van der Waals surface area contributed by atoms with Crippen molar-refractivity contribution in [2.45, 2.75) is 12.5 Å². The molecule has 1 unspecified atom stereocenters. The predicted molar refractivity (Wildman–Crippen MR) is 103 cm³/mol. The first-order valence-electron chi connectivity index (χ1n) is 8.69. The van der Waals surface area contributed by atoms with Crippen molar-refractivity contribution in [3.63, 3.8) is 0 Å². The lowest BCUT2D eigenvalue weighted by atomic mass is 9.98. The molecule has 3 aromatic carbocycles. The van der Waals surface area contributed by atoms with Crippen molar-refractivity contribution in [2.75, 3.05) is 0 Å². The van der Waals surface area contributed by atoms with Gasteiger partial charge in [0.15, 0.2) is 0 Å². The van der Waals surface area contributed by atoms with Gasteiger partial charge in [-0.05, 0) is 29.8 Å². The molecular weight excluding hydrogens is 340 g/mol. The Morgan fingerprint density at radius 3 is 2.26 bits per heavy atom. The summed E-state index contributed by atoms with van der Waals surface area (Å²) in [5.74, 6) is 0.599. The molecule has 1 amide bonds. The van der Waals surface area contributed by atoms with E-state index in [1.165, 1.54) is 5.01 Å². The summed E-state index contributed by atoms with van der Waals surface area (Å²) in [4.78, 5) is 12.8. The van der Waals surface area contributed by atoms with Crippen LogP contribution in [0.25, 0.3) is 0 Å². The highest BCUT2D eigenvalue weighted by atomic mass is 16.6. The maximum atomic E-state index is 12.8. The van der Waals surface area contributed by atoms with Gasteiger partial charge in [0.1, 0.15) is 11.5 Å². The number of para-hydroxylation sites is 2. The molecule has 0 saturated heterocycles. The number of benzene rings is 3. The van der Waals surface area contributed by atoms with Gasteiger partial charge in [-0.15, -0.1) is 0 Å². The molecule has 5 nitrogen and oxygen atoms in total. The van der Waals surface area contributed by atoms with Crippen LogP contribution in [0, 0.1) is 0 Å². The van der Waals surface area contributed by atoms with Gasteiger partial charge in [0.05, 0.1) is 11.8 Å². The molecule has 0 saturated carbocycles. The van der Waals surface area contributed by atoms with E-state index in [9.17, 15) is 9.90 Å².